The van der Waals surface area contributed by atoms with Gasteiger partial charge in [-0.2, -0.15) is 0 Å². The van der Waals surface area contributed by atoms with Crippen molar-refractivity contribution in [3.8, 4) is 0 Å². The van der Waals surface area contributed by atoms with Crippen LogP contribution in [0, 0.1) is 16.0 Å². The Kier molecular flexibility index (Phi) is 5.96. The van der Waals surface area contributed by atoms with E-state index < -0.39 is 4.92 Å². The molecule has 0 aliphatic rings. The van der Waals surface area contributed by atoms with Gasteiger partial charge in [-0.1, -0.05) is 26.7 Å². The molecular formula is C14H21N3O3. The van der Waals surface area contributed by atoms with Crippen LogP contribution in [-0.2, 0) is 0 Å². The zero-order valence-corrected chi connectivity index (χ0v) is 12.1. The number of amides is 1. The second kappa shape index (κ2) is 7.47. The molecule has 0 saturated heterocycles. The number of anilines is 1. The van der Waals surface area contributed by atoms with Crippen LogP contribution in [0.2, 0.25) is 0 Å². The van der Waals surface area contributed by atoms with Gasteiger partial charge in [0.05, 0.1) is 4.92 Å². The minimum atomic E-state index is -0.474. The third-order valence-electron chi connectivity index (χ3n) is 3.43. The fraction of sp³-hybridized carbons (Fsp3) is 0.500. The monoisotopic (exact) mass is 279 g/mol. The number of hydrogen-bond acceptors (Lipinski definition) is 4. The number of carbonyl (C=O) groups is 1. The quantitative estimate of drug-likeness (QED) is 0.593. The molecule has 0 aliphatic heterocycles. The van der Waals surface area contributed by atoms with E-state index in [4.69, 9.17) is 0 Å². The first-order chi connectivity index (χ1) is 9.53. The summed E-state index contributed by atoms with van der Waals surface area (Å²) in [6, 6.07) is 4.32. The lowest BCUT2D eigenvalue weighted by atomic mass is 10.0. The summed E-state index contributed by atoms with van der Waals surface area (Å²) in [7, 11) is 1.59. The lowest BCUT2D eigenvalue weighted by molar-refractivity contribution is -0.383. The molecule has 6 heteroatoms. The molecule has 0 heterocycles. The van der Waals surface area contributed by atoms with Gasteiger partial charge in [-0.15, -0.1) is 0 Å². The Balaban J connectivity index is 2.81. The fourth-order valence-electron chi connectivity index (χ4n) is 1.95. The highest BCUT2D eigenvalue weighted by atomic mass is 16.6. The Morgan fingerprint density at radius 1 is 1.35 bits per heavy atom. The van der Waals surface area contributed by atoms with E-state index in [1.165, 1.54) is 18.2 Å². The topological polar surface area (TPSA) is 84.3 Å². The number of benzene rings is 1. The maximum Gasteiger partial charge on any atom is 0.292 e. The van der Waals surface area contributed by atoms with E-state index in [-0.39, 0.29) is 11.6 Å². The van der Waals surface area contributed by atoms with Crippen LogP contribution in [0.4, 0.5) is 11.4 Å². The highest BCUT2D eigenvalue weighted by Crippen LogP contribution is 2.24. The number of carbonyl (C=O) groups excluding carboxylic acids is 1. The van der Waals surface area contributed by atoms with E-state index in [1.807, 2.05) is 0 Å². The summed E-state index contributed by atoms with van der Waals surface area (Å²) in [6.07, 6.45) is 2.03. The van der Waals surface area contributed by atoms with Crippen molar-refractivity contribution in [2.45, 2.75) is 26.7 Å². The summed E-state index contributed by atoms with van der Waals surface area (Å²) in [4.78, 5) is 22.4. The second-order valence-electron chi connectivity index (χ2n) is 4.63. The molecule has 20 heavy (non-hydrogen) atoms. The van der Waals surface area contributed by atoms with Gasteiger partial charge in [-0.25, -0.2) is 0 Å². The molecule has 0 fully saturated rings. The van der Waals surface area contributed by atoms with Crippen LogP contribution in [0.3, 0.4) is 0 Å². The molecule has 1 aromatic carbocycles. The zero-order valence-electron chi connectivity index (χ0n) is 12.1. The van der Waals surface area contributed by atoms with Gasteiger partial charge in [0.25, 0.3) is 11.6 Å². The van der Waals surface area contributed by atoms with Crippen molar-refractivity contribution in [1.29, 1.82) is 0 Å². The van der Waals surface area contributed by atoms with E-state index in [0.29, 0.717) is 23.7 Å². The van der Waals surface area contributed by atoms with Gasteiger partial charge in [0.1, 0.15) is 5.69 Å². The summed E-state index contributed by atoms with van der Waals surface area (Å²) >= 11 is 0. The third kappa shape index (κ3) is 3.94. The average molecular weight is 279 g/mol. The van der Waals surface area contributed by atoms with E-state index >= 15 is 0 Å². The summed E-state index contributed by atoms with van der Waals surface area (Å²) in [6.45, 7) is 4.80. The third-order valence-corrected chi connectivity index (χ3v) is 3.43. The summed E-state index contributed by atoms with van der Waals surface area (Å²) in [5.41, 5.74) is 0.722. The maximum absolute atomic E-state index is 12.0. The molecule has 2 N–H and O–H groups in total. The number of nitrogens with one attached hydrogen (secondary N) is 2. The van der Waals surface area contributed by atoms with E-state index in [0.717, 1.165) is 12.8 Å². The average Bonchev–Trinajstić information content (AvgIpc) is 2.47. The summed E-state index contributed by atoms with van der Waals surface area (Å²) in [5.74, 6) is 0.254. The van der Waals surface area contributed by atoms with Crippen molar-refractivity contribution >= 4 is 17.3 Å². The molecule has 0 aromatic heterocycles. The minimum Gasteiger partial charge on any atom is -0.383 e. The predicted octanol–water partition coefficient (Wildman–Crippen LogP) is 2.80. The maximum atomic E-state index is 12.0. The zero-order chi connectivity index (χ0) is 15.1. The largest absolute Gasteiger partial charge is 0.383 e. The van der Waals surface area contributed by atoms with Crippen molar-refractivity contribution in [2.75, 3.05) is 18.9 Å². The van der Waals surface area contributed by atoms with Gasteiger partial charge >= 0.3 is 0 Å². The normalized spacial score (nSPS) is 10.4. The van der Waals surface area contributed by atoms with Crippen LogP contribution in [-0.4, -0.2) is 24.4 Å². The Labute approximate surface area is 118 Å². The van der Waals surface area contributed by atoms with Gasteiger partial charge in [-0.3, -0.25) is 14.9 Å². The highest BCUT2D eigenvalue weighted by molar-refractivity contribution is 5.95. The molecule has 0 unspecified atom stereocenters. The first-order valence-electron chi connectivity index (χ1n) is 6.77. The van der Waals surface area contributed by atoms with Crippen molar-refractivity contribution in [1.82, 2.24) is 5.32 Å². The first-order valence-corrected chi connectivity index (χ1v) is 6.77. The predicted molar refractivity (Wildman–Crippen MR) is 79.0 cm³/mol. The van der Waals surface area contributed by atoms with Gasteiger partial charge in [0, 0.05) is 25.2 Å². The van der Waals surface area contributed by atoms with Crippen LogP contribution in [0.5, 0.6) is 0 Å². The summed E-state index contributed by atoms with van der Waals surface area (Å²) < 4.78 is 0. The van der Waals surface area contributed by atoms with Crippen molar-refractivity contribution in [2.24, 2.45) is 5.92 Å². The molecule has 1 rings (SSSR count). The number of nitro groups is 1. The molecule has 1 aromatic rings. The fourth-order valence-corrected chi connectivity index (χ4v) is 1.95. The second-order valence-corrected chi connectivity index (χ2v) is 4.63. The summed E-state index contributed by atoms with van der Waals surface area (Å²) in [5, 5.41) is 16.4. The smallest absolute Gasteiger partial charge is 0.292 e. The molecule has 1 amide bonds. The molecule has 0 saturated carbocycles. The lowest BCUT2D eigenvalue weighted by Gasteiger charge is -2.13. The van der Waals surface area contributed by atoms with Gasteiger partial charge in [0.2, 0.25) is 0 Å². The van der Waals surface area contributed by atoms with Crippen LogP contribution in [0.15, 0.2) is 18.2 Å². The van der Waals surface area contributed by atoms with Crippen LogP contribution < -0.4 is 10.6 Å². The van der Waals surface area contributed by atoms with Crippen LogP contribution >= 0.6 is 0 Å². The van der Waals surface area contributed by atoms with Crippen molar-refractivity contribution < 1.29 is 9.72 Å². The number of nitro benzene ring substituents is 1. The molecule has 110 valence electrons. The number of nitrogens with zero attached hydrogens (tertiary/aromatic N) is 1. The molecule has 0 aliphatic carbocycles. The van der Waals surface area contributed by atoms with Gasteiger partial charge in [0.15, 0.2) is 0 Å². The van der Waals surface area contributed by atoms with E-state index in [2.05, 4.69) is 24.5 Å². The van der Waals surface area contributed by atoms with Gasteiger partial charge in [-0.05, 0) is 18.1 Å². The Morgan fingerprint density at radius 3 is 2.50 bits per heavy atom. The van der Waals surface area contributed by atoms with E-state index in [9.17, 15) is 14.9 Å². The lowest BCUT2D eigenvalue weighted by Crippen LogP contribution is -2.28. The Morgan fingerprint density at radius 2 is 2.00 bits per heavy atom. The molecule has 0 atom stereocenters. The number of hydrogen-bond donors (Lipinski definition) is 2. The highest BCUT2D eigenvalue weighted by Gasteiger charge is 2.16. The molecule has 0 spiro atoms. The SMILES string of the molecule is CCC(CC)CNC(=O)c1ccc([N+](=O)[O-])c(NC)c1. The number of rotatable bonds is 7. The standard InChI is InChI=1S/C14H21N3O3/c1-4-10(5-2)9-16-14(18)11-6-7-13(17(19)20)12(8-11)15-3/h6-8,10,15H,4-5,9H2,1-3H3,(H,16,18). The molecular weight excluding hydrogens is 258 g/mol. The molecule has 0 radical (unpaired) electrons. The van der Waals surface area contributed by atoms with Crippen LogP contribution in [0.25, 0.3) is 0 Å². The minimum absolute atomic E-state index is 0.0379. The van der Waals surface area contributed by atoms with Gasteiger partial charge < -0.3 is 10.6 Å². The Bertz CT molecular complexity index is 485. The Hall–Kier alpha value is -2.11. The van der Waals surface area contributed by atoms with Crippen LogP contribution in [0.1, 0.15) is 37.0 Å². The van der Waals surface area contributed by atoms with Crippen molar-refractivity contribution in [3.05, 3.63) is 33.9 Å². The first kappa shape index (κ1) is 15.9. The molecule has 6 nitrogen and oxygen atoms in total. The van der Waals surface area contributed by atoms with Crippen molar-refractivity contribution in [3.63, 3.8) is 0 Å². The van der Waals surface area contributed by atoms with E-state index in [1.54, 1.807) is 7.05 Å². The molecule has 0 bridgehead atoms.